The lowest BCUT2D eigenvalue weighted by molar-refractivity contribution is 0.555. The van der Waals surface area contributed by atoms with Crippen LogP contribution in [0.2, 0.25) is 0 Å². The molecule has 20 heavy (non-hydrogen) atoms. The van der Waals surface area contributed by atoms with Crippen LogP contribution < -0.4 is 11.3 Å². The number of hydrogen-bond donors (Lipinski definition) is 2. The van der Waals surface area contributed by atoms with Gasteiger partial charge < -0.3 is 0 Å². The summed E-state index contributed by atoms with van der Waals surface area (Å²) in [7, 11) is 0. The van der Waals surface area contributed by atoms with Gasteiger partial charge in [0.2, 0.25) is 0 Å². The van der Waals surface area contributed by atoms with Gasteiger partial charge in [0.15, 0.2) is 0 Å². The van der Waals surface area contributed by atoms with Crippen molar-refractivity contribution in [3.05, 3.63) is 68.8 Å². The van der Waals surface area contributed by atoms with Crippen molar-refractivity contribution in [1.82, 2.24) is 5.43 Å². The van der Waals surface area contributed by atoms with Gasteiger partial charge in [-0.25, -0.2) is 0 Å². The van der Waals surface area contributed by atoms with Crippen molar-refractivity contribution in [2.75, 3.05) is 0 Å². The summed E-state index contributed by atoms with van der Waals surface area (Å²) in [5.41, 5.74) is 5.46. The molecule has 0 spiro atoms. The lowest BCUT2D eigenvalue weighted by Gasteiger charge is -2.16. The summed E-state index contributed by atoms with van der Waals surface area (Å²) in [5, 5.41) is 4.71. The lowest BCUT2D eigenvalue weighted by atomic mass is 9.96. The van der Waals surface area contributed by atoms with Crippen LogP contribution in [0.1, 0.15) is 17.2 Å². The Bertz CT molecular complexity index is 718. The van der Waals surface area contributed by atoms with E-state index in [0.717, 1.165) is 10.2 Å². The topological polar surface area (TPSA) is 38.0 Å². The Morgan fingerprint density at radius 2 is 1.95 bits per heavy atom. The summed E-state index contributed by atoms with van der Waals surface area (Å²) in [4.78, 5) is 0. The number of hydrazine groups is 1. The van der Waals surface area contributed by atoms with Crippen LogP contribution >= 0.6 is 27.3 Å². The second-order valence-corrected chi connectivity index (χ2v) is 7.04. The molecule has 0 aliphatic rings. The van der Waals surface area contributed by atoms with Gasteiger partial charge >= 0.3 is 0 Å². The Hall–Kier alpha value is -1.20. The van der Waals surface area contributed by atoms with Gasteiger partial charge in [0, 0.05) is 0 Å². The third-order valence-electron chi connectivity index (χ3n) is 3.50. The van der Waals surface area contributed by atoms with Crippen LogP contribution in [0.3, 0.4) is 0 Å². The van der Waals surface area contributed by atoms with Gasteiger partial charge in [-0.2, -0.15) is 0 Å². The zero-order chi connectivity index (χ0) is 13.9. The molecular formula is C16H15BrN2S. The van der Waals surface area contributed by atoms with E-state index in [4.69, 9.17) is 5.84 Å². The van der Waals surface area contributed by atoms with Crippen LogP contribution in [-0.2, 0) is 6.42 Å². The lowest BCUT2D eigenvalue weighted by Crippen LogP contribution is -2.29. The molecule has 3 N–H and O–H groups in total. The quantitative estimate of drug-likeness (QED) is 0.542. The van der Waals surface area contributed by atoms with Crippen molar-refractivity contribution >= 4 is 38.0 Å². The average molecular weight is 347 g/mol. The van der Waals surface area contributed by atoms with Crippen LogP contribution in [0.25, 0.3) is 10.8 Å². The molecule has 1 atom stereocenters. The molecule has 3 aromatic rings. The highest BCUT2D eigenvalue weighted by molar-refractivity contribution is 9.11. The smallest absolute Gasteiger partial charge is 0.0701 e. The van der Waals surface area contributed by atoms with Crippen molar-refractivity contribution in [3.63, 3.8) is 0 Å². The maximum atomic E-state index is 5.75. The molecule has 0 aliphatic heterocycles. The number of nitrogens with two attached hydrogens (primary N) is 1. The number of thiophene rings is 1. The molecular weight excluding hydrogens is 332 g/mol. The molecule has 4 heteroatoms. The first-order chi connectivity index (χ1) is 9.78. The largest absolute Gasteiger partial charge is 0.271 e. The van der Waals surface area contributed by atoms with Gasteiger partial charge in [-0.3, -0.25) is 11.3 Å². The Morgan fingerprint density at radius 3 is 2.70 bits per heavy atom. The number of halogens is 1. The summed E-state index contributed by atoms with van der Waals surface area (Å²) in [6.07, 6.45) is 0.876. The molecule has 3 rings (SSSR count). The highest BCUT2D eigenvalue weighted by atomic mass is 79.9. The first-order valence-electron chi connectivity index (χ1n) is 6.44. The fourth-order valence-electron chi connectivity index (χ4n) is 2.47. The molecule has 0 radical (unpaired) electrons. The second-order valence-electron chi connectivity index (χ2n) is 4.75. The van der Waals surface area contributed by atoms with E-state index in [2.05, 4.69) is 75.3 Å². The number of hydrogen-bond acceptors (Lipinski definition) is 3. The maximum absolute atomic E-state index is 5.75. The fourth-order valence-corrected chi connectivity index (χ4v) is 3.70. The van der Waals surface area contributed by atoms with Gasteiger partial charge in [-0.15, -0.1) is 11.3 Å². The number of benzene rings is 2. The van der Waals surface area contributed by atoms with E-state index >= 15 is 0 Å². The molecule has 0 saturated carbocycles. The highest BCUT2D eigenvalue weighted by Crippen LogP contribution is 2.29. The van der Waals surface area contributed by atoms with Crippen molar-refractivity contribution in [2.45, 2.75) is 12.5 Å². The predicted molar refractivity (Wildman–Crippen MR) is 89.7 cm³/mol. The van der Waals surface area contributed by atoms with Crippen molar-refractivity contribution in [2.24, 2.45) is 5.84 Å². The first-order valence-corrected chi connectivity index (χ1v) is 8.12. The van der Waals surface area contributed by atoms with Gasteiger partial charge in [0.1, 0.15) is 0 Å². The van der Waals surface area contributed by atoms with Crippen LogP contribution in [0, 0.1) is 0 Å². The number of rotatable bonds is 4. The van der Waals surface area contributed by atoms with Gasteiger partial charge in [-0.1, -0.05) is 42.5 Å². The second kappa shape index (κ2) is 6.06. The molecule has 0 fully saturated rings. The number of fused-ring (bicyclic) bond motifs is 1. The zero-order valence-corrected chi connectivity index (χ0v) is 13.2. The Balaban J connectivity index is 1.95. The molecule has 0 amide bonds. The first kappa shape index (κ1) is 13.8. The predicted octanol–water partition coefficient (Wildman–Crippen LogP) is 4.41. The van der Waals surface area contributed by atoms with Crippen LogP contribution in [0.15, 0.2) is 57.7 Å². The van der Waals surface area contributed by atoms with Crippen LogP contribution in [0.4, 0.5) is 0 Å². The van der Waals surface area contributed by atoms with E-state index < -0.39 is 0 Å². The van der Waals surface area contributed by atoms with E-state index in [1.54, 1.807) is 11.3 Å². The molecule has 1 aromatic heterocycles. The minimum atomic E-state index is 0.128. The Labute approximate surface area is 130 Å². The summed E-state index contributed by atoms with van der Waals surface area (Å²) < 4.78 is 1.13. The van der Waals surface area contributed by atoms with E-state index in [1.807, 2.05) is 0 Å². The molecule has 1 heterocycles. The molecule has 0 saturated heterocycles. The van der Waals surface area contributed by atoms with E-state index in [0.29, 0.717) is 0 Å². The molecule has 0 bridgehead atoms. The van der Waals surface area contributed by atoms with Crippen LogP contribution in [-0.4, -0.2) is 0 Å². The van der Waals surface area contributed by atoms with Gasteiger partial charge in [-0.05, 0) is 55.7 Å². The minimum absolute atomic E-state index is 0.128. The Morgan fingerprint density at radius 1 is 1.15 bits per heavy atom. The Kier molecular flexibility index (Phi) is 4.17. The highest BCUT2D eigenvalue weighted by Gasteiger charge is 2.13. The summed E-state index contributed by atoms with van der Waals surface area (Å²) in [6, 6.07) is 17.1. The third-order valence-corrected chi connectivity index (χ3v) is 5.02. The standard InChI is InChI=1S/C16H15BrN2S/c17-16-9-13(10-20-16)15(19-18)8-12-6-3-5-11-4-1-2-7-14(11)12/h1-7,9-10,15,19H,8,18H2. The van der Waals surface area contributed by atoms with E-state index in [1.165, 1.54) is 21.9 Å². The zero-order valence-electron chi connectivity index (χ0n) is 10.8. The summed E-state index contributed by atoms with van der Waals surface area (Å²) >= 11 is 5.19. The number of nitrogens with one attached hydrogen (secondary N) is 1. The molecule has 1 unspecified atom stereocenters. The van der Waals surface area contributed by atoms with Gasteiger partial charge in [0.25, 0.3) is 0 Å². The van der Waals surface area contributed by atoms with E-state index in [-0.39, 0.29) is 6.04 Å². The van der Waals surface area contributed by atoms with Crippen molar-refractivity contribution < 1.29 is 0 Å². The maximum Gasteiger partial charge on any atom is 0.0701 e. The van der Waals surface area contributed by atoms with Crippen molar-refractivity contribution in [3.8, 4) is 0 Å². The third kappa shape index (κ3) is 2.79. The summed E-state index contributed by atoms with van der Waals surface area (Å²) in [6.45, 7) is 0. The minimum Gasteiger partial charge on any atom is -0.271 e. The van der Waals surface area contributed by atoms with Gasteiger partial charge in [0.05, 0.1) is 9.83 Å². The molecule has 0 aliphatic carbocycles. The SMILES string of the molecule is NNC(Cc1cccc2ccccc12)c1csc(Br)c1. The summed E-state index contributed by atoms with van der Waals surface area (Å²) in [5.74, 6) is 5.75. The van der Waals surface area contributed by atoms with Crippen molar-refractivity contribution in [1.29, 1.82) is 0 Å². The normalized spacial score (nSPS) is 12.7. The molecule has 102 valence electrons. The molecule has 2 aromatic carbocycles. The molecule has 2 nitrogen and oxygen atoms in total. The average Bonchev–Trinajstić information content (AvgIpc) is 2.91. The van der Waals surface area contributed by atoms with E-state index in [9.17, 15) is 0 Å². The van der Waals surface area contributed by atoms with Crippen LogP contribution in [0.5, 0.6) is 0 Å². The fraction of sp³-hybridized carbons (Fsp3) is 0.125. The monoisotopic (exact) mass is 346 g/mol.